The summed E-state index contributed by atoms with van der Waals surface area (Å²) in [5.41, 5.74) is 10.4. The fourth-order valence-electron chi connectivity index (χ4n) is 1.82. The van der Waals surface area contributed by atoms with Crippen molar-refractivity contribution in [1.82, 2.24) is 9.55 Å². The zero-order valence-corrected chi connectivity index (χ0v) is 10.3. The van der Waals surface area contributed by atoms with Gasteiger partial charge in [0.1, 0.15) is 5.84 Å². The first kappa shape index (κ1) is 11.4. The number of benzene rings is 1. The van der Waals surface area contributed by atoms with E-state index in [1.807, 2.05) is 43.5 Å². The van der Waals surface area contributed by atoms with Crippen LogP contribution in [0.5, 0.6) is 0 Å². The molecule has 0 aliphatic rings. The Morgan fingerprint density at radius 1 is 1.29 bits per heavy atom. The third-order valence-electron chi connectivity index (χ3n) is 2.95. The average Bonchev–Trinajstić information content (AvgIpc) is 2.60. The summed E-state index contributed by atoms with van der Waals surface area (Å²) < 4.78 is 1.96. The molecule has 1 heterocycles. The molecular formula is C13H16N4. The van der Waals surface area contributed by atoms with Crippen LogP contribution >= 0.6 is 0 Å². The fraction of sp³-hybridized carbons (Fsp3) is 0.231. The Bertz CT molecular complexity index is 581. The van der Waals surface area contributed by atoms with Gasteiger partial charge >= 0.3 is 0 Å². The van der Waals surface area contributed by atoms with Gasteiger partial charge < -0.3 is 10.3 Å². The molecule has 2 rings (SSSR count). The number of rotatable bonds is 2. The van der Waals surface area contributed by atoms with E-state index in [9.17, 15) is 0 Å². The van der Waals surface area contributed by atoms with Gasteiger partial charge in [0.15, 0.2) is 0 Å². The number of aryl methyl sites for hydroxylation is 2. The van der Waals surface area contributed by atoms with Crippen molar-refractivity contribution < 1.29 is 0 Å². The van der Waals surface area contributed by atoms with Gasteiger partial charge in [0.2, 0.25) is 0 Å². The molecule has 0 saturated heterocycles. The predicted molar refractivity (Wildman–Crippen MR) is 68.8 cm³/mol. The Hall–Kier alpha value is -2.10. The minimum atomic E-state index is 0.0782. The van der Waals surface area contributed by atoms with Crippen LogP contribution in [0.2, 0.25) is 0 Å². The van der Waals surface area contributed by atoms with Crippen molar-refractivity contribution in [1.29, 1.82) is 5.41 Å². The lowest BCUT2D eigenvalue weighted by atomic mass is 10.1. The van der Waals surface area contributed by atoms with Crippen molar-refractivity contribution in [2.75, 3.05) is 0 Å². The van der Waals surface area contributed by atoms with Crippen molar-refractivity contribution in [3.8, 4) is 5.69 Å². The molecule has 4 heteroatoms. The van der Waals surface area contributed by atoms with E-state index in [0.717, 1.165) is 28.2 Å². The van der Waals surface area contributed by atoms with E-state index in [0.29, 0.717) is 0 Å². The first-order chi connectivity index (χ1) is 8.00. The number of nitrogen functional groups attached to an aromatic ring is 1. The van der Waals surface area contributed by atoms with Crippen molar-refractivity contribution in [3.05, 3.63) is 47.0 Å². The third kappa shape index (κ3) is 1.93. The first-order valence-electron chi connectivity index (χ1n) is 5.46. The van der Waals surface area contributed by atoms with Gasteiger partial charge in [0, 0.05) is 11.3 Å². The van der Waals surface area contributed by atoms with Crippen LogP contribution in [0, 0.1) is 26.2 Å². The Kier molecular flexibility index (Phi) is 2.71. The topological polar surface area (TPSA) is 67.7 Å². The van der Waals surface area contributed by atoms with Crippen molar-refractivity contribution in [2.45, 2.75) is 20.8 Å². The second kappa shape index (κ2) is 4.05. The van der Waals surface area contributed by atoms with Crippen LogP contribution < -0.4 is 5.73 Å². The Morgan fingerprint density at radius 2 is 2.00 bits per heavy atom. The van der Waals surface area contributed by atoms with Crippen LogP contribution in [0.25, 0.3) is 5.69 Å². The minimum Gasteiger partial charge on any atom is -0.384 e. The van der Waals surface area contributed by atoms with Gasteiger partial charge in [-0.3, -0.25) is 5.41 Å². The zero-order valence-electron chi connectivity index (χ0n) is 10.3. The maximum absolute atomic E-state index is 7.64. The molecule has 0 aliphatic carbocycles. The number of nitrogens with zero attached hydrogens (tertiary/aromatic N) is 2. The molecule has 0 aliphatic heterocycles. The summed E-state index contributed by atoms with van der Waals surface area (Å²) in [5.74, 6) is 0.0782. The lowest BCUT2D eigenvalue weighted by Gasteiger charge is -2.12. The number of hydrogen-bond acceptors (Lipinski definition) is 2. The van der Waals surface area contributed by atoms with Gasteiger partial charge in [0.25, 0.3) is 0 Å². The molecule has 17 heavy (non-hydrogen) atoms. The van der Waals surface area contributed by atoms with Crippen molar-refractivity contribution in [2.24, 2.45) is 5.73 Å². The molecule has 0 saturated carbocycles. The normalized spacial score (nSPS) is 10.5. The number of amidine groups is 1. The highest BCUT2D eigenvalue weighted by molar-refractivity contribution is 5.98. The fourth-order valence-corrected chi connectivity index (χ4v) is 1.82. The van der Waals surface area contributed by atoms with Gasteiger partial charge in [0.05, 0.1) is 17.7 Å². The zero-order chi connectivity index (χ0) is 12.6. The maximum atomic E-state index is 7.64. The summed E-state index contributed by atoms with van der Waals surface area (Å²) in [6, 6.07) is 5.91. The third-order valence-corrected chi connectivity index (χ3v) is 2.95. The molecule has 0 fully saturated rings. The Balaban J connectivity index is 2.67. The standard InChI is InChI=1S/C13H16N4/c1-8-4-5-12(11(6-8)13(14)15)17-7-16-9(2)10(17)3/h4-7H,1-3H3,(H3,14,15). The minimum absolute atomic E-state index is 0.0782. The average molecular weight is 228 g/mol. The lowest BCUT2D eigenvalue weighted by Crippen LogP contribution is -2.15. The van der Waals surface area contributed by atoms with E-state index in [1.165, 1.54) is 0 Å². The second-order valence-electron chi connectivity index (χ2n) is 4.22. The van der Waals surface area contributed by atoms with Crippen LogP contribution in [-0.2, 0) is 0 Å². The van der Waals surface area contributed by atoms with Gasteiger partial charge in [-0.25, -0.2) is 4.98 Å². The van der Waals surface area contributed by atoms with E-state index < -0.39 is 0 Å². The molecule has 0 atom stereocenters. The number of nitrogens with two attached hydrogens (primary N) is 1. The van der Waals surface area contributed by atoms with Crippen LogP contribution in [-0.4, -0.2) is 15.4 Å². The number of nitrogens with one attached hydrogen (secondary N) is 1. The van der Waals surface area contributed by atoms with E-state index in [-0.39, 0.29) is 5.84 Å². The smallest absolute Gasteiger partial charge is 0.124 e. The van der Waals surface area contributed by atoms with Gasteiger partial charge in [-0.15, -0.1) is 0 Å². The number of hydrogen-bond donors (Lipinski definition) is 2. The summed E-state index contributed by atoms with van der Waals surface area (Å²) in [5, 5.41) is 7.64. The summed E-state index contributed by atoms with van der Waals surface area (Å²) in [6.45, 7) is 5.96. The highest BCUT2D eigenvalue weighted by Crippen LogP contribution is 2.19. The van der Waals surface area contributed by atoms with Crippen LogP contribution in [0.15, 0.2) is 24.5 Å². The van der Waals surface area contributed by atoms with E-state index in [4.69, 9.17) is 11.1 Å². The van der Waals surface area contributed by atoms with E-state index >= 15 is 0 Å². The first-order valence-corrected chi connectivity index (χ1v) is 5.46. The van der Waals surface area contributed by atoms with Gasteiger partial charge in [-0.2, -0.15) is 0 Å². The quantitative estimate of drug-likeness (QED) is 0.610. The molecule has 3 N–H and O–H groups in total. The van der Waals surface area contributed by atoms with E-state index in [1.54, 1.807) is 6.33 Å². The van der Waals surface area contributed by atoms with Crippen LogP contribution in [0.3, 0.4) is 0 Å². The Morgan fingerprint density at radius 3 is 2.53 bits per heavy atom. The van der Waals surface area contributed by atoms with Crippen LogP contribution in [0.4, 0.5) is 0 Å². The summed E-state index contributed by atoms with van der Waals surface area (Å²) >= 11 is 0. The monoisotopic (exact) mass is 228 g/mol. The number of imidazole rings is 1. The van der Waals surface area contributed by atoms with Crippen molar-refractivity contribution in [3.63, 3.8) is 0 Å². The molecule has 0 radical (unpaired) electrons. The summed E-state index contributed by atoms with van der Waals surface area (Å²) in [7, 11) is 0. The Labute approximate surface area is 101 Å². The van der Waals surface area contributed by atoms with Gasteiger partial charge in [-0.05, 0) is 32.9 Å². The highest BCUT2D eigenvalue weighted by Gasteiger charge is 2.10. The SMILES string of the molecule is Cc1ccc(-n2cnc(C)c2C)c(C(=N)N)c1. The van der Waals surface area contributed by atoms with Gasteiger partial charge in [-0.1, -0.05) is 11.6 Å². The molecule has 0 unspecified atom stereocenters. The molecule has 0 amide bonds. The maximum Gasteiger partial charge on any atom is 0.124 e. The molecule has 2 aromatic rings. The summed E-state index contributed by atoms with van der Waals surface area (Å²) in [6.07, 6.45) is 1.77. The second-order valence-corrected chi connectivity index (χ2v) is 4.22. The lowest BCUT2D eigenvalue weighted by molar-refractivity contribution is 0.995. The van der Waals surface area contributed by atoms with Crippen molar-refractivity contribution >= 4 is 5.84 Å². The molecule has 4 nitrogen and oxygen atoms in total. The molecule has 0 spiro atoms. The highest BCUT2D eigenvalue weighted by atomic mass is 15.1. The van der Waals surface area contributed by atoms with E-state index in [2.05, 4.69) is 4.98 Å². The molecule has 1 aromatic heterocycles. The molecule has 88 valence electrons. The van der Waals surface area contributed by atoms with Crippen LogP contribution in [0.1, 0.15) is 22.5 Å². The predicted octanol–water partition coefficient (Wildman–Crippen LogP) is 2.08. The molecule has 1 aromatic carbocycles. The molecular weight excluding hydrogens is 212 g/mol. The largest absolute Gasteiger partial charge is 0.384 e. The number of aromatic nitrogens is 2. The molecule has 0 bridgehead atoms. The summed E-state index contributed by atoms with van der Waals surface area (Å²) in [4.78, 5) is 4.27.